The van der Waals surface area contributed by atoms with Crippen LogP contribution < -0.4 is 4.72 Å². The number of aryl methyl sites for hydroxylation is 1. The fourth-order valence-corrected chi connectivity index (χ4v) is 4.22. The van der Waals surface area contributed by atoms with Crippen LogP contribution in [0.1, 0.15) is 30.7 Å². The predicted octanol–water partition coefficient (Wildman–Crippen LogP) is 1.67. The minimum atomic E-state index is -3.32. The summed E-state index contributed by atoms with van der Waals surface area (Å²) in [4.78, 5) is 3.96. The van der Waals surface area contributed by atoms with Gasteiger partial charge in [-0.2, -0.15) is 0 Å². The van der Waals surface area contributed by atoms with Gasteiger partial charge < -0.3 is 0 Å². The van der Waals surface area contributed by atoms with E-state index in [1.807, 2.05) is 0 Å². The molecule has 84 valence electrons. The van der Waals surface area contributed by atoms with Crippen LogP contribution in [0.2, 0.25) is 0 Å². The first-order valence-corrected chi connectivity index (χ1v) is 7.33. The van der Waals surface area contributed by atoms with Gasteiger partial charge in [-0.15, -0.1) is 11.3 Å². The van der Waals surface area contributed by atoms with E-state index in [2.05, 4.69) is 9.71 Å². The van der Waals surface area contributed by atoms with Gasteiger partial charge in [-0.1, -0.05) is 12.8 Å². The Morgan fingerprint density at radius 1 is 1.47 bits per heavy atom. The molecule has 6 heteroatoms. The van der Waals surface area contributed by atoms with Crippen molar-refractivity contribution in [2.24, 2.45) is 0 Å². The van der Waals surface area contributed by atoms with Gasteiger partial charge in [0.25, 0.3) is 10.0 Å². The molecule has 1 fully saturated rings. The summed E-state index contributed by atoms with van der Waals surface area (Å²) in [5, 5.41) is 0.779. The lowest BCUT2D eigenvalue weighted by Crippen LogP contribution is -2.32. The van der Waals surface area contributed by atoms with Gasteiger partial charge in [0.1, 0.15) is 0 Å². The van der Waals surface area contributed by atoms with Crippen LogP contribution >= 0.6 is 11.3 Å². The van der Waals surface area contributed by atoms with Gasteiger partial charge in [-0.3, -0.25) is 0 Å². The molecule has 0 aromatic carbocycles. The van der Waals surface area contributed by atoms with Crippen LogP contribution in [0.4, 0.5) is 0 Å². The summed E-state index contributed by atoms with van der Waals surface area (Å²) in [6, 6.07) is 0.123. The van der Waals surface area contributed by atoms with Crippen molar-refractivity contribution in [2.45, 2.75) is 42.9 Å². The van der Waals surface area contributed by atoms with E-state index in [0.29, 0.717) is 4.21 Å². The highest BCUT2D eigenvalue weighted by molar-refractivity contribution is 7.91. The fourth-order valence-electron chi connectivity index (χ4n) is 1.79. The molecule has 0 amide bonds. The SMILES string of the molecule is Cc1ncc(S(=O)(=O)NC2CCCC2)s1. The van der Waals surface area contributed by atoms with Crippen LogP contribution in [-0.4, -0.2) is 19.4 Å². The Labute approximate surface area is 93.8 Å². The van der Waals surface area contributed by atoms with Gasteiger partial charge in [0.2, 0.25) is 0 Å². The molecule has 2 rings (SSSR count). The quantitative estimate of drug-likeness (QED) is 0.882. The van der Waals surface area contributed by atoms with Crippen LogP contribution in [0.25, 0.3) is 0 Å². The summed E-state index contributed by atoms with van der Waals surface area (Å²) in [6.45, 7) is 1.80. The number of hydrogen-bond donors (Lipinski definition) is 1. The van der Waals surface area contributed by atoms with E-state index in [-0.39, 0.29) is 6.04 Å². The lowest BCUT2D eigenvalue weighted by atomic mass is 10.3. The maximum atomic E-state index is 11.9. The largest absolute Gasteiger partial charge is 0.251 e. The fraction of sp³-hybridized carbons (Fsp3) is 0.667. The molecule has 1 aliphatic carbocycles. The van der Waals surface area contributed by atoms with Crippen molar-refractivity contribution in [1.29, 1.82) is 0 Å². The molecule has 1 aromatic rings. The maximum absolute atomic E-state index is 11.9. The molecule has 0 unspecified atom stereocenters. The van der Waals surface area contributed by atoms with Crippen LogP contribution in [0, 0.1) is 6.92 Å². The number of hydrogen-bond acceptors (Lipinski definition) is 4. The molecule has 1 aromatic heterocycles. The third-order valence-corrected chi connectivity index (χ3v) is 5.44. The first-order valence-electron chi connectivity index (χ1n) is 5.03. The molecule has 0 atom stereocenters. The molecule has 1 aliphatic rings. The van der Waals surface area contributed by atoms with E-state index in [1.165, 1.54) is 17.5 Å². The predicted molar refractivity (Wildman–Crippen MR) is 59.4 cm³/mol. The smallest absolute Gasteiger partial charge is 0.249 e. The number of sulfonamides is 1. The van der Waals surface area contributed by atoms with Crippen molar-refractivity contribution < 1.29 is 8.42 Å². The van der Waals surface area contributed by atoms with Crippen LogP contribution in [0.5, 0.6) is 0 Å². The molecule has 0 aliphatic heterocycles. The zero-order valence-electron chi connectivity index (χ0n) is 8.56. The number of nitrogens with one attached hydrogen (secondary N) is 1. The molecule has 0 radical (unpaired) electrons. The molecule has 0 saturated heterocycles. The highest BCUT2D eigenvalue weighted by Gasteiger charge is 2.24. The summed E-state index contributed by atoms with van der Waals surface area (Å²) in [7, 11) is -3.32. The summed E-state index contributed by atoms with van der Waals surface area (Å²) in [6.07, 6.45) is 5.58. The zero-order chi connectivity index (χ0) is 10.9. The van der Waals surface area contributed by atoms with Crippen molar-refractivity contribution in [2.75, 3.05) is 0 Å². The minimum absolute atomic E-state index is 0.123. The average molecular weight is 246 g/mol. The van der Waals surface area contributed by atoms with Gasteiger partial charge in [-0.05, 0) is 19.8 Å². The van der Waals surface area contributed by atoms with Gasteiger partial charge in [-0.25, -0.2) is 18.1 Å². The van der Waals surface area contributed by atoms with Gasteiger partial charge in [0, 0.05) is 6.04 Å². The molecule has 1 heterocycles. The molecule has 4 nitrogen and oxygen atoms in total. The summed E-state index contributed by atoms with van der Waals surface area (Å²) >= 11 is 1.22. The molecule has 15 heavy (non-hydrogen) atoms. The molecular weight excluding hydrogens is 232 g/mol. The molecule has 1 saturated carbocycles. The molecule has 1 N–H and O–H groups in total. The van der Waals surface area contributed by atoms with E-state index in [1.54, 1.807) is 6.92 Å². The minimum Gasteiger partial charge on any atom is -0.249 e. The van der Waals surface area contributed by atoms with Crippen molar-refractivity contribution >= 4 is 21.4 Å². The van der Waals surface area contributed by atoms with Gasteiger partial charge >= 0.3 is 0 Å². The lowest BCUT2D eigenvalue weighted by molar-refractivity contribution is 0.554. The maximum Gasteiger partial charge on any atom is 0.251 e. The second-order valence-corrected chi connectivity index (χ2v) is 6.98. The van der Waals surface area contributed by atoms with E-state index < -0.39 is 10.0 Å². The zero-order valence-corrected chi connectivity index (χ0v) is 10.2. The normalized spacial score (nSPS) is 18.5. The van der Waals surface area contributed by atoms with E-state index >= 15 is 0 Å². The summed E-state index contributed by atoms with van der Waals surface area (Å²) < 4.78 is 26.8. The Bertz CT molecular complexity index is 433. The Kier molecular flexibility index (Phi) is 3.08. The van der Waals surface area contributed by atoms with Crippen molar-refractivity contribution in [3.05, 3.63) is 11.2 Å². The molecule has 0 spiro atoms. The van der Waals surface area contributed by atoms with Gasteiger partial charge in [0.05, 0.1) is 11.2 Å². The van der Waals surface area contributed by atoms with E-state index in [9.17, 15) is 8.42 Å². The van der Waals surface area contributed by atoms with Gasteiger partial charge in [0.15, 0.2) is 4.21 Å². The first kappa shape index (κ1) is 11.0. The summed E-state index contributed by atoms with van der Waals surface area (Å²) in [5.74, 6) is 0. The first-order chi connectivity index (χ1) is 7.08. The lowest BCUT2D eigenvalue weighted by Gasteiger charge is -2.10. The van der Waals surface area contributed by atoms with Crippen LogP contribution in [0.3, 0.4) is 0 Å². The van der Waals surface area contributed by atoms with Crippen LogP contribution in [-0.2, 0) is 10.0 Å². The van der Waals surface area contributed by atoms with Crippen molar-refractivity contribution in [1.82, 2.24) is 9.71 Å². The molecule has 0 bridgehead atoms. The average Bonchev–Trinajstić information content (AvgIpc) is 2.75. The van der Waals surface area contributed by atoms with Crippen molar-refractivity contribution in [3.8, 4) is 0 Å². The number of nitrogens with zero attached hydrogens (tertiary/aromatic N) is 1. The topological polar surface area (TPSA) is 59.1 Å². The third-order valence-electron chi connectivity index (χ3n) is 2.54. The Morgan fingerprint density at radius 2 is 2.13 bits per heavy atom. The Morgan fingerprint density at radius 3 is 2.67 bits per heavy atom. The van der Waals surface area contributed by atoms with Crippen molar-refractivity contribution in [3.63, 3.8) is 0 Å². The number of aromatic nitrogens is 1. The van der Waals surface area contributed by atoms with Crippen LogP contribution in [0.15, 0.2) is 10.4 Å². The monoisotopic (exact) mass is 246 g/mol. The Balaban J connectivity index is 2.12. The van der Waals surface area contributed by atoms with E-state index in [0.717, 1.165) is 30.7 Å². The Hall–Kier alpha value is -0.460. The highest BCUT2D eigenvalue weighted by Crippen LogP contribution is 2.22. The second kappa shape index (κ2) is 4.19. The standard InChI is InChI=1S/C9H14N2O2S2/c1-7-10-6-9(14-7)15(12,13)11-8-4-2-3-5-8/h6,8,11H,2-5H2,1H3. The number of rotatable bonds is 3. The third kappa shape index (κ3) is 2.56. The summed E-state index contributed by atoms with van der Waals surface area (Å²) in [5.41, 5.74) is 0. The second-order valence-electron chi connectivity index (χ2n) is 3.80. The highest BCUT2D eigenvalue weighted by atomic mass is 32.2. The molecular formula is C9H14N2O2S2. The number of thiazole rings is 1. The van der Waals surface area contributed by atoms with E-state index in [4.69, 9.17) is 0 Å².